The number of aliphatic hydroxyl groups is 1. The number of nitrogens with one attached hydrogen (secondary N) is 2. The first-order valence-electron chi connectivity index (χ1n) is 12.4. The molecule has 3 fully saturated rings. The highest BCUT2D eigenvalue weighted by Gasteiger charge is 2.76. The van der Waals surface area contributed by atoms with E-state index in [1.807, 2.05) is 13.8 Å². The van der Waals surface area contributed by atoms with Gasteiger partial charge in [0, 0.05) is 30.5 Å². The molecule has 3 rings (SSSR count). The highest BCUT2D eigenvalue weighted by Crippen LogP contribution is 2.71. The van der Waals surface area contributed by atoms with Crippen LogP contribution >= 0.6 is 11.8 Å². The first-order chi connectivity index (χ1) is 15.3. The third-order valence-corrected chi connectivity index (χ3v) is 9.51. The van der Waals surface area contributed by atoms with E-state index in [0.29, 0.717) is 19.5 Å². The zero-order valence-electron chi connectivity index (χ0n) is 20.1. The molecule has 182 valence electrons. The molecule has 0 aromatic carbocycles. The number of thioether (sulfide) groups is 1. The van der Waals surface area contributed by atoms with Crippen LogP contribution in [0.5, 0.6) is 0 Å². The summed E-state index contributed by atoms with van der Waals surface area (Å²) in [6.45, 7) is 9.47. The SMILES string of the molecule is CCCNC(=O)[C@H]1[C@H]2C(=O)N(CCCCCO)C(C(=O)NC(C)CCC)C23CC[C@]1(C)S3. The van der Waals surface area contributed by atoms with Gasteiger partial charge in [0.05, 0.1) is 16.6 Å². The Labute approximate surface area is 196 Å². The average Bonchev–Trinajstić information content (AvgIpc) is 3.30. The molecule has 7 nitrogen and oxygen atoms in total. The summed E-state index contributed by atoms with van der Waals surface area (Å²) in [5.41, 5.74) is 0. The van der Waals surface area contributed by atoms with Crippen LogP contribution in [-0.4, -0.2) is 69.0 Å². The van der Waals surface area contributed by atoms with Crippen LogP contribution < -0.4 is 10.6 Å². The molecule has 3 N–H and O–H groups in total. The summed E-state index contributed by atoms with van der Waals surface area (Å²) in [5, 5.41) is 15.3. The number of nitrogens with zero attached hydrogens (tertiary/aromatic N) is 1. The van der Waals surface area contributed by atoms with Crippen LogP contribution in [0.25, 0.3) is 0 Å². The lowest BCUT2D eigenvalue weighted by Gasteiger charge is -2.35. The van der Waals surface area contributed by atoms with Gasteiger partial charge in [-0.25, -0.2) is 0 Å². The summed E-state index contributed by atoms with van der Waals surface area (Å²) in [4.78, 5) is 42.4. The lowest BCUT2D eigenvalue weighted by molar-refractivity contribution is -0.140. The second kappa shape index (κ2) is 10.3. The molecule has 3 unspecified atom stereocenters. The number of carbonyl (C=O) groups is 3. The largest absolute Gasteiger partial charge is 0.396 e. The molecule has 2 bridgehead atoms. The Kier molecular flexibility index (Phi) is 8.18. The average molecular weight is 468 g/mol. The Morgan fingerprint density at radius 2 is 1.94 bits per heavy atom. The molecule has 0 aliphatic carbocycles. The van der Waals surface area contributed by atoms with Crippen LogP contribution in [0.4, 0.5) is 0 Å². The van der Waals surface area contributed by atoms with Crippen molar-refractivity contribution in [3.8, 4) is 0 Å². The Bertz CT molecular complexity index is 719. The van der Waals surface area contributed by atoms with Gasteiger partial charge >= 0.3 is 0 Å². The molecule has 6 atom stereocenters. The molecule has 0 saturated carbocycles. The van der Waals surface area contributed by atoms with Crippen LogP contribution in [0.3, 0.4) is 0 Å². The van der Waals surface area contributed by atoms with Gasteiger partial charge in [-0.05, 0) is 58.8 Å². The van der Waals surface area contributed by atoms with E-state index in [-0.39, 0.29) is 35.1 Å². The van der Waals surface area contributed by atoms with Crippen molar-refractivity contribution in [2.75, 3.05) is 19.7 Å². The second-order valence-corrected chi connectivity index (χ2v) is 11.9. The van der Waals surface area contributed by atoms with Crippen molar-refractivity contribution in [3.63, 3.8) is 0 Å². The maximum absolute atomic E-state index is 13.8. The standard InChI is InChI=1S/C24H41N3O4S/c1-5-10-16(3)26-21(30)19-24-12-11-23(4,32-24)17(20(29)25-13-6-2)18(24)22(31)27(19)14-8-7-9-15-28/h16-19,28H,5-15H2,1-4H3,(H,25,29)(H,26,30)/t16?,17-,18+,19?,23+,24?/m1/s1. The van der Waals surface area contributed by atoms with Gasteiger partial charge in [0.15, 0.2) is 0 Å². The Morgan fingerprint density at radius 3 is 2.59 bits per heavy atom. The quantitative estimate of drug-likeness (QED) is 0.383. The topological polar surface area (TPSA) is 98.7 Å². The molecule has 3 aliphatic rings. The summed E-state index contributed by atoms with van der Waals surface area (Å²) < 4.78 is -0.845. The lowest BCUT2D eigenvalue weighted by Crippen LogP contribution is -2.55. The predicted molar refractivity (Wildman–Crippen MR) is 127 cm³/mol. The molecule has 1 spiro atoms. The number of hydrogen-bond acceptors (Lipinski definition) is 5. The summed E-state index contributed by atoms with van der Waals surface area (Å²) in [6, 6.07) is -0.485. The lowest BCUT2D eigenvalue weighted by atomic mass is 9.66. The van der Waals surface area contributed by atoms with Gasteiger partial charge in [-0.3, -0.25) is 14.4 Å². The fraction of sp³-hybridized carbons (Fsp3) is 0.875. The summed E-state index contributed by atoms with van der Waals surface area (Å²) in [5.74, 6) is -0.994. The molecule has 32 heavy (non-hydrogen) atoms. The first kappa shape index (κ1) is 25.3. The number of unbranched alkanes of at least 4 members (excludes halogenated alkanes) is 2. The fourth-order valence-corrected chi connectivity index (χ4v) is 8.48. The molecular weight excluding hydrogens is 426 g/mol. The van der Waals surface area contributed by atoms with Crippen molar-refractivity contribution in [2.24, 2.45) is 11.8 Å². The summed E-state index contributed by atoms with van der Waals surface area (Å²) in [6.07, 6.45) is 6.61. The number of fused-ring (bicyclic) bond motifs is 1. The third kappa shape index (κ3) is 4.41. The van der Waals surface area contributed by atoms with E-state index in [2.05, 4.69) is 24.5 Å². The number of likely N-dealkylation sites (tertiary alicyclic amines) is 1. The number of aliphatic hydroxyl groups excluding tert-OH is 1. The van der Waals surface area contributed by atoms with E-state index in [0.717, 1.165) is 44.9 Å². The van der Waals surface area contributed by atoms with Crippen LogP contribution in [-0.2, 0) is 14.4 Å². The molecule has 0 radical (unpaired) electrons. The Morgan fingerprint density at radius 1 is 1.19 bits per heavy atom. The minimum Gasteiger partial charge on any atom is -0.396 e. The van der Waals surface area contributed by atoms with Gasteiger partial charge < -0.3 is 20.6 Å². The predicted octanol–water partition coefficient (Wildman–Crippen LogP) is 2.46. The van der Waals surface area contributed by atoms with Crippen LogP contribution in [0.2, 0.25) is 0 Å². The monoisotopic (exact) mass is 467 g/mol. The summed E-state index contributed by atoms with van der Waals surface area (Å²) in [7, 11) is 0. The number of hydrogen-bond donors (Lipinski definition) is 3. The maximum atomic E-state index is 13.8. The van der Waals surface area contributed by atoms with Gasteiger partial charge in [0.25, 0.3) is 0 Å². The number of carbonyl (C=O) groups excluding carboxylic acids is 3. The Balaban J connectivity index is 1.91. The molecule has 3 heterocycles. The normalized spacial score (nSPS) is 34.0. The van der Waals surface area contributed by atoms with E-state index < -0.39 is 22.6 Å². The number of rotatable bonds is 12. The minimum absolute atomic E-state index is 0.0372. The van der Waals surface area contributed by atoms with Crippen molar-refractivity contribution in [1.82, 2.24) is 15.5 Å². The number of amides is 3. The molecule has 0 aromatic rings. The van der Waals surface area contributed by atoms with E-state index in [1.54, 1.807) is 16.7 Å². The molecule has 8 heteroatoms. The molecule has 0 aromatic heterocycles. The Hall–Kier alpha value is -1.28. The van der Waals surface area contributed by atoms with Crippen molar-refractivity contribution in [3.05, 3.63) is 0 Å². The second-order valence-electron chi connectivity index (χ2n) is 10.0. The fourth-order valence-electron chi connectivity index (χ4n) is 6.12. The van der Waals surface area contributed by atoms with Gasteiger partial charge in [-0.2, -0.15) is 0 Å². The van der Waals surface area contributed by atoms with Crippen LogP contribution in [0.1, 0.15) is 79.1 Å². The third-order valence-electron chi connectivity index (χ3n) is 7.52. The molecule has 3 saturated heterocycles. The van der Waals surface area contributed by atoms with Gasteiger partial charge in [0.2, 0.25) is 17.7 Å². The van der Waals surface area contributed by atoms with E-state index in [9.17, 15) is 14.4 Å². The highest BCUT2D eigenvalue weighted by molar-refractivity contribution is 8.02. The van der Waals surface area contributed by atoms with Gasteiger partial charge in [-0.1, -0.05) is 20.3 Å². The molecular formula is C24H41N3O4S. The maximum Gasteiger partial charge on any atom is 0.244 e. The van der Waals surface area contributed by atoms with Crippen molar-refractivity contribution < 1.29 is 19.5 Å². The molecule has 3 amide bonds. The minimum atomic E-state index is -0.538. The van der Waals surface area contributed by atoms with E-state index in [1.165, 1.54) is 0 Å². The van der Waals surface area contributed by atoms with Gasteiger partial charge in [0.1, 0.15) is 6.04 Å². The zero-order valence-corrected chi connectivity index (χ0v) is 20.9. The van der Waals surface area contributed by atoms with Crippen molar-refractivity contribution in [2.45, 2.75) is 101 Å². The van der Waals surface area contributed by atoms with E-state index in [4.69, 9.17) is 5.11 Å². The highest BCUT2D eigenvalue weighted by atomic mass is 32.2. The van der Waals surface area contributed by atoms with Crippen molar-refractivity contribution in [1.29, 1.82) is 0 Å². The van der Waals surface area contributed by atoms with Gasteiger partial charge in [-0.15, -0.1) is 11.8 Å². The summed E-state index contributed by atoms with van der Waals surface area (Å²) >= 11 is 1.73. The van der Waals surface area contributed by atoms with E-state index >= 15 is 0 Å². The first-order valence-corrected chi connectivity index (χ1v) is 13.3. The molecule has 3 aliphatic heterocycles. The van der Waals surface area contributed by atoms with Crippen molar-refractivity contribution >= 4 is 29.5 Å². The zero-order chi connectivity index (χ0) is 23.5. The smallest absolute Gasteiger partial charge is 0.244 e. The van der Waals surface area contributed by atoms with Crippen LogP contribution in [0.15, 0.2) is 0 Å². The van der Waals surface area contributed by atoms with Crippen LogP contribution in [0, 0.1) is 11.8 Å².